The van der Waals surface area contributed by atoms with Gasteiger partial charge in [-0.15, -0.1) is 0 Å². The van der Waals surface area contributed by atoms with Gasteiger partial charge in [0.25, 0.3) is 0 Å². The van der Waals surface area contributed by atoms with Gasteiger partial charge in [-0.3, -0.25) is 0 Å². The average Bonchev–Trinajstić information content (AvgIpc) is 2.33. The topological polar surface area (TPSA) is 35.2 Å². The summed E-state index contributed by atoms with van der Waals surface area (Å²) < 4.78 is 6.82. The molecule has 1 aliphatic rings. The number of halogens is 1. The Morgan fingerprint density at radius 2 is 2.31 bits per heavy atom. The van der Waals surface area contributed by atoms with Crippen molar-refractivity contribution < 1.29 is 4.74 Å². The number of nitrogens with two attached hydrogens (primary N) is 1. The zero-order valence-electron chi connectivity index (χ0n) is 9.58. The standard InChI is InChI=1S/C13H18INO/c1-9-4-2-6-11(12(9)14)13(15)10-5-3-7-16-8-10/h2,4,6,10,13H,3,5,7-8,15H2,1H3. The summed E-state index contributed by atoms with van der Waals surface area (Å²) in [6, 6.07) is 6.49. The second kappa shape index (κ2) is 5.47. The van der Waals surface area contributed by atoms with Gasteiger partial charge in [-0.1, -0.05) is 18.2 Å². The molecule has 0 aromatic heterocycles. The highest BCUT2D eigenvalue weighted by molar-refractivity contribution is 14.1. The number of hydrogen-bond acceptors (Lipinski definition) is 2. The van der Waals surface area contributed by atoms with Crippen molar-refractivity contribution in [3.8, 4) is 0 Å². The molecule has 2 unspecified atom stereocenters. The predicted octanol–water partition coefficient (Wildman–Crippen LogP) is 3.03. The highest BCUT2D eigenvalue weighted by atomic mass is 127. The Hall–Kier alpha value is -0.130. The van der Waals surface area contributed by atoms with Gasteiger partial charge in [0.05, 0.1) is 6.61 Å². The van der Waals surface area contributed by atoms with Crippen LogP contribution < -0.4 is 5.73 Å². The first-order chi connectivity index (χ1) is 7.70. The third-order valence-corrected chi connectivity index (χ3v) is 4.76. The summed E-state index contributed by atoms with van der Waals surface area (Å²) in [4.78, 5) is 0. The van der Waals surface area contributed by atoms with E-state index in [1.165, 1.54) is 21.1 Å². The molecule has 2 atom stereocenters. The molecule has 1 heterocycles. The van der Waals surface area contributed by atoms with Gasteiger partial charge in [0.15, 0.2) is 0 Å². The third-order valence-electron chi connectivity index (χ3n) is 3.28. The molecule has 2 rings (SSSR count). The van der Waals surface area contributed by atoms with Crippen molar-refractivity contribution in [1.82, 2.24) is 0 Å². The highest BCUT2D eigenvalue weighted by Gasteiger charge is 2.24. The number of ether oxygens (including phenoxy) is 1. The Labute approximate surface area is 111 Å². The van der Waals surface area contributed by atoms with Gasteiger partial charge in [0, 0.05) is 22.1 Å². The molecule has 0 amide bonds. The molecule has 88 valence electrons. The molecule has 1 aromatic rings. The molecule has 1 saturated heterocycles. The van der Waals surface area contributed by atoms with Gasteiger partial charge in [0.2, 0.25) is 0 Å². The maximum absolute atomic E-state index is 6.35. The molecule has 0 radical (unpaired) electrons. The average molecular weight is 331 g/mol. The van der Waals surface area contributed by atoms with Crippen molar-refractivity contribution in [2.24, 2.45) is 11.7 Å². The van der Waals surface area contributed by atoms with E-state index in [2.05, 4.69) is 47.7 Å². The molecular formula is C13H18INO. The van der Waals surface area contributed by atoms with Gasteiger partial charge in [-0.25, -0.2) is 0 Å². The summed E-state index contributed by atoms with van der Waals surface area (Å²) in [5, 5.41) is 0. The molecule has 1 aliphatic heterocycles. The van der Waals surface area contributed by atoms with E-state index in [9.17, 15) is 0 Å². The van der Waals surface area contributed by atoms with E-state index in [1.807, 2.05) is 0 Å². The lowest BCUT2D eigenvalue weighted by Crippen LogP contribution is -2.29. The first-order valence-corrected chi connectivity index (χ1v) is 6.86. The highest BCUT2D eigenvalue weighted by Crippen LogP contribution is 2.30. The van der Waals surface area contributed by atoms with Crippen molar-refractivity contribution in [2.75, 3.05) is 13.2 Å². The molecule has 1 fully saturated rings. The van der Waals surface area contributed by atoms with E-state index in [0.29, 0.717) is 5.92 Å². The van der Waals surface area contributed by atoms with Gasteiger partial charge in [0.1, 0.15) is 0 Å². The summed E-state index contributed by atoms with van der Waals surface area (Å²) >= 11 is 2.40. The molecule has 0 spiro atoms. The molecule has 0 saturated carbocycles. The monoisotopic (exact) mass is 331 g/mol. The maximum Gasteiger partial charge on any atom is 0.0512 e. The Morgan fingerprint density at radius 1 is 1.50 bits per heavy atom. The summed E-state index contributed by atoms with van der Waals surface area (Å²) in [7, 11) is 0. The van der Waals surface area contributed by atoms with Crippen LogP contribution in [0.15, 0.2) is 18.2 Å². The van der Waals surface area contributed by atoms with Crippen LogP contribution in [0.2, 0.25) is 0 Å². The summed E-state index contributed by atoms with van der Waals surface area (Å²) in [5.41, 5.74) is 8.94. The first kappa shape index (κ1) is 12.3. The SMILES string of the molecule is Cc1cccc(C(N)C2CCCOC2)c1I. The molecule has 16 heavy (non-hydrogen) atoms. The van der Waals surface area contributed by atoms with Gasteiger partial charge in [-0.05, 0) is 53.5 Å². The lowest BCUT2D eigenvalue weighted by atomic mass is 9.89. The minimum absolute atomic E-state index is 0.118. The molecule has 2 N–H and O–H groups in total. The number of aryl methyl sites for hydroxylation is 1. The van der Waals surface area contributed by atoms with Crippen molar-refractivity contribution in [3.05, 3.63) is 32.9 Å². The maximum atomic E-state index is 6.35. The van der Waals surface area contributed by atoms with Crippen LogP contribution in [0.25, 0.3) is 0 Å². The lowest BCUT2D eigenvalue weighted by molar-refractivity contribution is 0.0446. The number of rotatable bonds is 2. The quantitative estimate of drug-likeness (QED) is 0.846. The van der Waals surface area contributed by atoms with E-state index >= 15 is 0 Å². The molecular weight excluding hydrogens is 313 g/mol. The van der Waals surface area contributed by atoms with Crippen molar-refractivity contribution in [2.45, 2.75) is 25.8 Å². The minimum Gasteiger partial charge on any atom is -0.381 e. The van der Waals surface area contributed by atoms with E-state index in [0.717, 1.165) is 19.6 Å². The lowest BCUT2D eigenvalue weighted by Gasteiger charge is -2.28. The predicted molar refractivity (Wildman–Crippen MR) is 74.4 cm³/mol. The second-order valence-corrected chi connectivity index (χ2v) is 5.56. The molecule has 2 nitrogen and oxygen atoms in total. The van der Waals surface area contributed by atoms with Crippen LogP contribution in [0.4, 0.5) is 0 Å². The van der Waals surface area contributed by atoms with Crippen LogP contribution in [-0.2, 0) is 4.74 Å². The largest absolute Gasteiger partial charge is 0.381 e. The van der Waals surface area contributed by atoms with E-state index in [4.69, 9.17) is 10.5 Å². The molecule has 3 heteroatoms. The summed E-state index contributed by atoms with van der Waals surface area (Å²) in [6.07, 6.45) is 2.33. The van der Waals surface area contributed by atoms with Crippen LogP contribution in [0, 0.1) is 16.4 Å². The Bertz CT molecular complexity index is 361. The fraction of sp³-hybridized carbons (Fsp3) is 0.538. The van der Waals surface area contributed by atoms with Crippen molar-refractivity contribution in [3.63, 3.8) is 0 Å². The smallest absolute Gasteiger partial charge is 0.0512 e. The molecule has 1 aromatic carbocycles. The van der Waals surface area contributed by atoms with Crippen molar-refractivity contribution >= 4 is 22.6 Å². The number of hydrogen-bond donors (Lipinski definition) is 1. The van der Waals surface area contributed by atoms with E-state index in [-0.39, 0.29) is 6.04 Å². The first-order valence-electron chi connectivity index (χ1n) is 5.78. The van der Waals surface area contributed by atoms with Gasteiger partial charge in [-0.2, -0.15) is 0 Å². The van der Waals surface area contributed by atoms with Crippen LogP contribution in [-0.4, -0.2) is 13.2 Å². The van der Waals surface area contributed by atoms with Crippen LogP contribution in [0.1, 0.15) is 30.0 Å². The van der Waals surface area contributed by atoms with E-state index < -0.39 is 0 Å². The third kappa shape index (κ3) is 2.57. The number of benzene rings is 1. The zero-order valence-corrected chi connectivity index (χ0v) is 11.7. The fourth-order valence-electron chi connectivity index (χ4n) is 2.23. The van der Waals surface area contributed by atoms with Crippen LogP contribution in [0.3, 0.4) is 0 Å². The van der Waals surface area contributed by atoms with Gasteiger partial charge >= 0.3 is 0 Å². The molecule has 0 bridgehead atoms. The minimum atomic E-state index is 0.118. The summed E-state index contributed by atoms with van der Waals surface area (Å²) in [5.74, 6) is 0.476. The van der Waals surface area contributed by atoms with Crippen LogP contribution >= 0.6 is 22.6 Å². The second-order valence-electron chi connectivity index (χ2n) is 4.48. The Balaban J connectivity index is 2.19. The van der Waals surface area contributed by atoms with Crippen LogP contribution in [0.5, 0.6) is 0 Å². The van der Waals surface area contributed by atoms with E-state index in [1.54, 1.807) is 0 Å². The summed E-state index contributed by atoms with van der Waals surface area (Å²) in [6.45, 7) is 3.84. The van der Waals surface area contributed by atoms with Gasteiger partial charge < -0.3 is 10.5 Å². The normalized spacial score (nSPS) is 23.1. The zero-order chi connectivity index (χ0) is 11.5. The Kier molecular flexibility index (Phi) is 4.21. The fourth-order valence-corrected chi connectivity index (χ4v) is 2.95. The van der Waals surface area contributed by atoms with Crippen molar-refractivity contribution in [1.29, 1.82) is 0 Å². The Morgan fingerprint density at radius 3 is 3.00 bits per heavy atom. The molecule has 0 aliphatic carbocycles.